The molecule has 2 bridgehead atoms. The predicted octanol–water partition coefficient (Wildman–Crippen LogP) is 4.39. The molecule has 2 aliphatic heterocycles. The van der Waals surface area contributed by atoms with Crippen LogP contribution in [0.3, 0.4) is 0 Å². The van der Waals surface area contributed by atoms with E-state index >= 15 is 0 Å². The zero-order valence-electron chi connectivity index (χ0n) is 15.4. The molecular formula is C21H23FN4O. The van der Waals surface area contributed by atoms with E-state index in [0.29, 0.717) is 17.8 Å². The second-order valence-electron chi connectivity index (χ2n) is 8.21. The molecule has 2 atom stereocenters. The minimum Gasteiger partial charge on any atom is -0.318 e. The van der Waals surface area contributed by atoms with Crippen LogP contribution in [0, 0.1) is 24.6 Å². The lowest BCUT2D eigenvalue weighted by Gasteiger charge is -2.55. The normalized spacial score (nSPS) is 26.4. The summed E-state index contributed by atoms with van der Waals surface area (Å²) in [5.41, 5.74) is 2.41. The Hall–Kier alpha value is -2.50. The molecule has 4 fully saturated rings. The Morgan fingerprint density at radius 3 is 2.63 bits per heavy atom. The van der Waals surface area contributed by atoms with E-state index < -0.39 is 5.82 Å². The van der Waals surface area contributed by atoms with Gasteiger partial charge in [0.2, 0.25) is 0 Å². The Kier molecular flexibility index (Phi) is 3.88. The number of amides is 2. The highest BCUT2D eigenvalue weighted by molar-refractivity contribution is 5.91. The van der Waals surface area contributed by atoms with Gasteiger partial charge >= 0.3 is 6.03 Å². The maximum Gasteiger partial charge on any atom is 0.322 e. The Bertz CT molecular complexity index is 871. The van der Waals surface area contributed by atoms with Gasteiger partial charge in [-0.05, 0) is 80.7 Å². The van der Waals surface area contributed by atoms with Crippen LogP contribution in [0.5, 0.6) is 0 Å². The minimum absolute atomic E-state index is 0.182. The summed E-state index contributed by atoms with van der Waals surface area (Å²) in [6.07, 6.45) is 7.62. The topological polar surface area (TPSA) is 58.1 Å². The van der Waals surface area contributed by atoms with Crippen LogP contribution in [0.25, 0.3) is 11.3 Å². The van der Waals surface area contributed by atoms with Crippen LogP contribution in [0.2, 0.25) is 0 Å². The van der Waals surface area contributed by atoms with E-state index in [1.807, 2.05) is 17.9 Å². The maximum atomic E-state index is 14.5. The third-order valence-corrected chi connectivity index (χ3v) is 6.41. The fourth-order valence-electron chi connectivity index (χ4n) is 4.87. The molecule has 2 aliphatic carbocycles. The first-order valence-corrected chi connectivity index (χ1v) is 9.77. The number of hydrogen-bond acceptors (Lipinski definition) is 3. The number of hydrogen-bond donors (Lipinski definition) is 1. The Labute approximate surface area is 158 Å². The number of carbonyl (C=O) groups is 1. The molecule has 27 heavy (non-hydrogen) atoms. The number of rotatable bonds is 3. The lowest BCUT2D eigenvalue weighted by atomic mass is 9.72. The van der Waals surface area contributed by atoms with Gasteiger partial charge in [-0.1, -0.05) is 0 Å². The third-order valence-electron chi connectivity index (χ3n) is 6.41. The quantitative estimate of drug-likeness (QED) is 0.877. The van der Waals surface area contributed by atoms with Gasteiger partial charge < -0.3 is 10.2 Å². The average Bonchev–Trinajstić information content (AvgIpc) is 3.50. The summed E-state index contributed by atoms with van der Waals surface area (Å²) in [6.45, 7) is 1.83. The van der Waals surface area contributed by atoms with E-state index in [1.54, 1.807) is 18.3 Å². The first-order valence-electron chi connectivity index (χ1n) is 9.77. The molecule has 0 spiro atoms. The van der Waals surface area contributed by atoms with Crippen molar-refractivity contribution < 1.29 is 9.18 Å². The molecular weight excluding hydrogens is 343 g/mol. The molecule has 6 heteroatoms. The van der Waals surface area contributed by atoms with Crippen molar-refractivity contribution in [3.05, 3.63) is 41.8 Å². The van der Waals surface area contributed by atoms with Crippen molar-refractivity contribution in [2.45, 2.75) is 51.1 Å². The molecule has 0 radical (unpaired) electrons. The SMILES string of the molecule is Cc1cc(F)c(NC(=O)N2C3CC(C4CC4)CC2C3)cc1-c1cccnn1. The van der Waals surface area contributed by atoms with Gasteiger partial charge in [0.25, 0.3) is 0 Å². The molecule has 2 saturated heterocycles. The van der Waals surface area contributed by atoms with Crippen molar-refractivity contribution in [1.82, 2.24) is 15.1 Å². The smallest absolute Gasteiger partial charge is 0.318 e. The molecule has 2 amide bonds. The molecule has 1 N–H and O–H groups in total. The van der Waals surface area contributed by atoms with Crippen molar-refractivity contribution in [2.75, 3.05) is 5.32 Å². The van der Waals surface area contributed by atoms with E-state index in [1.165, 1.54) is 18.9 Å². The van der Waals surface area contributed by atoms with Gasteiger partial charge in [-0.3, -0.25) is 0 Å². The van der Waals surface area contributed by atoms with Gasteiger partial charge in [-0.15, -0.1) is 0 Å². The minimum atomic E-state index is -0.421. The van der Waals surface area contributed by atoms with Gasteiger partial charge in [0.1, 0.15) is 5.82 Å². The number of fused-ring (bicyclic) bond motifs is 2. The standard InChI is InChI=1S/C21H23FN4O/c1-12-7-18(22)20(11-17(12)19-3-2-6-23-25-19)24-21(27)26-15-8-14(13-4-5-13)9-16(26)10-15/h2-3,6-7,11,13-16H,4-5,8-10H2,1H3,(H,24,27). The summed E-state index contributed by atoms with van der Waals surface area (Å²) >= 11 is 0. The number of nitrogens with zero attached hydrogens (tertiary/aromatic N) is 3. The van der Waals surface area contributed by atoms with Gasteiger partial charge in [-0.25, -0.2) is 9.18 Å². The fourth-order valence-corrected chi connectivity index (χ4v) is 4.87. The lowest BCUT2D eigenvalue weighted by Crippen LogP contribution is -2.64. The summed E-state index contributed by atoms with van der Waals surface area (Å²) in [6, 6.07) is 7.19. The molecule has 3 heterocycles. The summed E-state index contributed by atoms with van der Waals surface area (Å²) in [5.74, 6) is 1.26. The van der Waals surface area contributed by atoms with Crippen LogP contribution >= 0.6 is 0 Å². The number of piperidine rings is 1. The first-order chi connectivity index (χ1) is 13.1. The average molecular weight is 366 g/mol. The number of aromatic nitrogens is 2. The van der Waals surface area contributed by atoms with E-state index in [9.17, 15) is 9.18 Å². The van der Waals surface area contributed by atoms with E-state index in [0.717, 1.165) is 42.2 Å². The monoisotopic (exact) mass is 366 g/mol. The predicted molar refractivity (Wildman–Crippen MR) is 101 cm³/mol. The molecule has 140 valence electrons. The summed E-state index contributed by atoms with van der Waals surface area (Å²) in [7, 11) is 0. The summed E-state index contributed by atoms with van der Waals surface area (Å²) in [4.78, 5) is 14.7. The van der Waals surface area contributed by atoms with Crippen LogP contribution < -0.4 is 5.32 Å². The molecule has 2 aromatic rings. The van der Waals surface area contributed by atoms with Crippen LogP contribution in [0.15, 0.2) is 30.5 Å². The number of urea groups is 1. The fraction of sp³-hybridized carbons (Fsp3) is 0.476. The second-order valence-corrected chi connectivity index (χ2v) is 8.21. The van der Waals surface area contributed by atoms with E-state index in [2.05, 4.69) is 15.5 Å². The van der Waals surface area contributed by atoms with Crippen LogP contribution in [0.1, 0.15) is 37.7 Å². The first kappa shape index (κ1) is 16.7. The number of carbonyl (C=O) groups excluding carboxylic acids is 1. The summed E-state index contributed by atoms with van der Waals surface area (Å²) in [5, 5.41) is 10.8. The van der Waals surface area contributed by atoms with Crippen molar-refractivity contribution in [3.63, 3.8) is 0 Å². The number of benzene rings is 1. The summed E-state index contributed by atoms with van der Waals surface area (Å²) < 4.78 is 14.5. The molecule has 4 aliphatic rings. The van der Waals surface area contributed by atoms with E-state index in [-0.39, 0.29) is 11.7 Å². The van der Waals surface area contributed by atoms with Crippen molar-refractivity contribution in [3.8, 4) is 11.3 Å². The molecule has 2 unspecified atom stereocenters. The Balaban J connectivity index is 1.34. The maximum absolute atomic E-state index is 14.5. The van der Waals surface area contributed by atoms with Crippen LogP contribution in [-0.4, -0.2) is 33.2 Å². The van der Waals surface area contributed by atoms with Gasteiger partial charge in [-0.2, -0.15) is 10.2 Å². The molecule has 1 aromatic heterocycles. The Morgan fingerprint density at radius 2 is 1.96 bits per heavy atom. The molecule has 2 saturated carbocycles. The highest BCUT2D eigenvalue weighted by Crippen LogP contribution is 2.50. The molecule has 6 rings (SSSR count). The lowest BCUT2D eigenvalue weighted by molar-refractivity contribution is -0.0157. The zero-order chi connectivity index (χ0) is 18.5. The molecule has 5 nitrogen and oxygen atoms in total. The van der Waals surface area contributed by atoms with E-state index in [4.69, 9.17) is 0 Å². The largest absolute Gasteiger partial charge is 0.322 e. The Morgan fingerprint density at radius 1 is 1.19 bits per heavy atom. The number of nitrogens with one attached hydrogen (secondary N) is 1. The number of halogens is 1. The van der Waals surface area contributed by atoms with Gasteiger partial charge in [0.15, 0.2) is 0 Å². The molecule has 1 aromatic carbocycles. The van der Waals surface area contributed by atoms with Crippen molar-refractivity contribution in [2.24, 2.45) is 11.8 Å². The highest BCUT2D eigenvalue weighted by Gasteiger charge is 2.50. The number of anilines is 1. The highest BCUT2D eigenvalue weighted by atomic mass is 19.1. The van der Waals surface area contributed by atoms with Crippen molar-refractivity contribution >= 4 is 11.7 Å². The van der Waals surface area contributed by atoms with Gasteiger partial charge in [0.05, 0.1) is 11.4 Å². The second kappa shape index (κ2) is 6.29. The number of aryl methyl sites for hydroxylation is 1. The van der Waals surface area contributed by atoms with Gasteiger partial charge in [0, 0.05) is 23.8 Å². The van der Waals surface area contributed by atoms with Crippen molar-refractivity contribution in [1.29, 1.82) is 0 Å². The van der Waals surface area contributed by atoms with Crippen LogP contribution in [0.4, 0.5) is 14.9 Å². The van der Waals surface area contributed by atoms with Crippen LogP contribution in [-0.2, 0) is 0 Å². The zero-order valence-corrected chi connectivity index (χ0v) is 15.4. The third kappa shape index (κ3) is 2.97.